The number of rotatable bonds is 3. The summed E-state index contributed by atoms with van der Waals surface area (Å²) >= 11 is 0. The van der Waals surface area contributed by atoms with Crippen molar-refractivity contribution in [3.8, 4) is 0 Å². The van der Waals surface area contributed by atoms with Gasteiger partial charge in [-0.2, -0.15) is 0 Å². The highest BCUT2D eigenvalue weighted by molar-refractivity contribution is 5.78. The van der Waals surface area contributed by atoms with E-state index in [0.717, 1.165) is 26.1 Å². The minimum absolute atomic E-state index is 0.117. The zero-order chi connectivity index (χ0) is 12.2. The summed E-state index contributed by atoms with van der Waals surface area (Å²) < 4.78 is 5.61. The normalized spacial score (nSPS) is 22.5. The lowest BCUT2D eigenvalue weighted by molar-refractivity contribution is 0.0918. The number of likely N-dealkylation sites (N-methyl/N-ethyl adjacent to an activating group) is 1. The first kappa shape index (κ1) is 13.3. The van der Waals surface area contributed by atoms with Gasteiger partial charge in [-0.3, -0.25) is 0 Å². The summed E-state index contributed by atoms with van der Waals surface area (Å²) in [6.07, 6.45) is 2.63. The molecule has 1 saturated heterocycles. The van der Waals surface area contributed by atoms with E-state index in [-0.39, 0.29) is 5.54 Å². The first-order valence-corrected chi connectivity index (χ1v) is 6.14. The predicted octanol–water partition coefficient (Wildman–Crippen LogP) is 1.60. The number of hydrogen-bond acceptors (Lipinski definition) is 2. The summed E-state index contributed by atoms with van der Waals surface area (Å²) in [5, 5.41) is 0. The van der Waals surface area contributed by atoms with E-state index in [2.05, 4.69) is 37.6 Å². The fourth-order valence-corrected chi connectivity index (χ4v) is 1.83. The molecule has 1 aliphatic heterocycles. The molecule has 1 aliphatic rings. The van der Waals surface area contributed by atoms with Gasteiger partial charge in [0, 0.05) is 19.7 Å². The van der Waals surface area contributed by atoms with E-state index in [1.165, 1.54) is 6.42 Å². The molecule has 1 atom stereocenters. The van der Waals surface area contributed by atoms with Crippen LogP contribution in [-0.4, -0.2) is 42.2 Å². The fraction of sp³-hybridized carbons (Fsp3) is 0.917. The van der Waals surface area contributed by atoms with Gasteiger partial charge in [-0.1, -0.05) is 0 Å². The van der Waals surface area contributed by atoms with Crippen LogP contribution in [0.5, 0.6) is 0 Å². The van der Waals surface area contributed by atoms with Crippen molar-refractivity contribution >= 4 is 5.96 Å². The van der Waals surface area contributed by atoms with Crippen molar-refractivity contribution in [2.45, 2.75) is 52.2 Å². The molecule has 2 N–H and O–H groups in total. The predicted molar refractivity (Wildman–Crippen MR) is 67.6 cm³/mol. The molecular formula is C12H25N3O. The van der Waals surface area contributed by atoms with E-state index in [1.807, 2.05) is 0 Å². The number of guanidine groups is 1. The number of aliphatic imine (C=N–C) groups is 1. The average molecular weight is 227 g/mol. The topological polar surface area (TPSA) is 50.9 Å². The lowest BCUT2D eigenvalue weighted by Gasteiger charge is -2.26. The highest BCUT2D eigenvalue weighted by Crippen LogP contribution is 2.14. The van der Waals surface area contributed by atoms with Gasteiger partial charge in [0.15, 0.2) is 5.96 Å². The van der Waals surface area contributed by atoms with Crippen LogP contribution in [0.15, 0.2) is 4.99 Å². The molecule has 1 fully saturated rings. The molecule has 1 heterocycles. The largest absolute Gasteiger partial charge is 0.376 e. The summed E-state index contributed by atoms with van der Waals surface area (Å²) in [5.41, 5.74) is 5.90. The van der Waals surface area contributed by atoms with Gasteiger partial charge in [-0.15, -0.1) is 0 Å². The first-order chi connectivity index (χ1) is 7.42. The van der Waals surface area contributed by atoms with Gasteiger partial charge >= 0.3 is 0 Å². The van der Waals surface area contributed by atoms with Crippen LogP contribution in [0.25, 0.3) is 0 Å². The van der Waals surface area contributed by atoms with Crippen molar-refractivity contribution < 1.29 is 4.74 Å². The lowest BCUT2D eigenvalue weighted by atomic mass is 10.1. The molecular weight excluding hydrogens is 202 g/mol. The van der Waals surface area contributed by atoms with Gasteiger partial charge in [-0.25, -0.2) is 4.99 Å². The minimum atomic E-state index is -0.117. The van der Waals surface area contributed by atoms with E-state index < -0.39 is 0 Å². The Balaban J connectivity index is 2.55. The number of nitrogens with zero attached hydrogens (tertiary/aromatic N) is 2. The van der Waals surface area contributed by atoms with Gasteiger partial charge in [0.1, 0.15) is 0 Å². The minimum Gasteiger partial charge on any atom is -0.376 e. The molecule has 4 heteroatoms. The molecule has 0 aromatic carbocycles. The molecule has 0 saturated carbocycles. The second-order valence-electron chi connectivity index (χ2n) is 5.31. The van der Waals surface area contributed by atoms with Crippen molar-refractivity contribution in [2.75, 3.05) is 19.7 Å². The van der Waals surface area contributed by atoms with Crippen LogP contribution in [-0.2, 0) is 4.74 Å². The zero-order valence-corrected chi connectivity index (χ0v) is 11.0. The molecule has 0 bridgehead atoms. The summed E-state index contributed by atoms with van der Waals surface area (Å²) in [7, 11) is 0. The summed E-state index contributed by atoms with van der Waals surface area (Å²) in [5.74, 6) is 0.630. The van der Waals surface area contributed by atoms with Gasteiger partial charge in [0.2, 0.25) is 0 Å². The molecule has 0 radical (unpaired) electrons. The summed E-state index contributed by atoms with van der Waals surface area (Å²) in [4.78, 5) is 6.59. The van der Waals surface area contributed by atoms with Crippen molar-refractivity contribution in [2.24, 2.45) is 10.7 Å². The van der Waals surface area contributed by atoms with Crippen LogP contribution in [0.4, 0.5) is 0 Å². The Labute approximate surface area is 98.9 Å². The van der Waals surface area contributed by atoms with Crippen LogP contribution >= 0.6 is 0 Å². The van der Waals surface area contributed by atoms with E-state index >= 15 is 0 Å². The number of ether oxygens (including phenoxy) is 1. The second kappa shape index (κ2) is 5.53. The van der Waals surface area contributed by atoms with Crippen LogP contribution < -0.4 is 5.73 Å². The monoisotopic (exact) mass is 227 g/mol. The van der Waals surface area contributed by atoms with Gasteiger partial charge in [0.25, 0.3) is 0 Å². The lowest BCUT2D eigenvalue weighted by Crippen LogP contribution is -2.43. The molecule has 0 spiro atoms. The molecule has 0 aromatic rings. The number of hydrogen-bond donors (Lipinski definition) is 1. The van der Waals surface area contributed by atoms with Gasteiger partial charge in [-0.05, 0) is 40.5 Å². The summed E-state index contributed by atoms with van der Waals surface area (Å²) in [6, 6.07) is 0. The number of nitrogens with two attached hydrogens (primary N) is 1. The third-order valence-corrected chi connectivity index (χ3v) is 2.60. The van der Waals surface area contributed by atoms with Crippen molar-refractivity contribution in [3.05, 3.63) is 0 Å². The molecule has 0 amide bonds. The quantitative estimate of drug-likeness (QED) is 0.588. The third-order valence-electron chi connectivity index (χ3n) is 2.60. The van der Waals surface area contributed by atoms with E-state index in [1.54, 1.807) is 0 Å². The Morgan fingerprint density at radius 2 is 2.19 bits per heavy atom. The third kappa shape index (κ3) is 4.39. The van der Waals surface area contributed by atoms with Crippen LogP contribution in [0.2, 0.25) is 0 Å². The smallest absolute Gasteiger partial charge is 0.191 e. The van der Waals surface area contributed by atoms with Crippen LogP contribution in [0.3, 0.4) is 0 Å². The maximum Gasteiger partial charge on any atom is 0.191 e. The zero-order valence-electron chi connectivity index (χ0n) is 11.0. The highest BCUT2D eigenvalue weighted by Gasteiger charge is 2.20. The fourth-order valence-electron chi connectivity index (χ4n) is 1.83. The maximum atomic E-state index is 6.01. The molecule has 16 heavy (non-hydrogen) atoms. The Kier molecular flexibility index (Phi) is 4.59. The van der Waals surface area contributed by atoms with Crippen molar-refractivity contribution in [1.82, 2.24) is 4.90 Å². The molecule has 0 aromatic heterocycles. The highest BCUT2D eigenvalue weighted by atomic mass is 16.5. The van der Waals surface area contributed by atoms with Gasteiger partial charge < -0.3 is 15.4 Å². The van der Waals surface area contributed by atoms with Gasteiger partial charge in [0.05, 0.1) is 11.6 Å². The van der Waals surface area contributed by atoms with Crippen LogP contribution in [0.1, 0.15) is 40.5 Å². The van der Waals surface area contributed by atoms with Crippen molar-refractivity contribution in [3.63, 3.8) is 0 Å². The van der Waals surface area contributed by atoms with E-state index in [0.29, 0.717) is 12.1 Å². The van der Waals surface area contributed by atoms with Crippen LogP contribution in [0, 0.1) is 0 Å². The van der Waals surface area contributed by atoms with E-state index in [9.17, 15) is 0 Å². The molecule has 94 valence electrons. The van der Waals surface area contributed by atoms with Crippen molar-refractivity contribution in [1.29, 1.82) is 0 Å². The Morgan fingerprint density at radius 1 is 1.50 bits per heavy atom. The van der Waals surface area contributed by atoms with E-state index in [4.69, 9.17) is 10.5 Å². The second-order valence-corrected chi connectivity index (χ2v) is 5.31. The maximum absolute atomic E-state index is 6.01. The Hall–Kier alpha value is -0.770. The molecule has 1 rings (SSSR count). The SMILES string of the molecule is CCN(CC1CCCO1)C(N)=NC(C)(C)C. The molecule has 1 unspecified atom stereocenters. The summed E-state index contributed by atoms with van der Waals surface area (Å²) in [6.45, 7) is 10.9. The Bertz CT molecular complexity index is 239. The molecule has 0 aliphatic carbocycles. The first-order valence-electron chi connectivity index (χ1n) is 6.14. The average Bonchev–Trinajstić information content (AvgIpc) is 2.63. The standard InChI is InChI=1S/C12H25N3O/c1-5-15(9-10-7-6-8-16-10)11(13)14-12(2,3)4/h10H,5-9H2,1-4H3,(H2,13,14). The Morgan fingerprint density at radius 3 is 2.62 bits per heavy atom. The molecule has 4 nitrogen and oxygen atoms in total.